The van der Waals surface area contributed by atoms with E-state index in [1.165, 1.54) is 29.2 Å². The van der Waals surface area contributed by atoms with E-state index in [0.717, 1.165) is 5.56 Å². The highest BCUT2D eigenvalue weighted by atomic mass is 16.5. The van der Waals surface area contributed by atoms with Crippen molar-refractivity contribution >= 4 is 5.97 Å². The standard InChI is InChI=1S/C16H13N3O4.C2H6/c20-13-3-1-2-11(8-13)10-23-15-5-7-18-19(15)14-9-12(16(21)22)4-6-17-14;1-2/h1-9,20H,10H2,(H,21,22);1-2H3. The number of phenolic OH excluding ortho intramolecular Hbond substituents is 1. The largest absolute Gasteiger partial charge is 0.508 e. The smallest absolute Gasteiger partial charge is 0.335 e. The van der Waals surface area contributed by atoms with Crippen LogP contribution in [0.3, 0.4) is 0 Å². The Hall–Kier alpha value is -3.35. The fourth-order valence-electron chi connectivity index (χ4n) is 2.04. The Labute approximate surface area is 145 Å². The average molecular weight is 341 g/mol. The zero-order valence-corrected chi connectivity index (χ0v) is 14.0. The molecule has 3 rings (SSSR count). The van der Waals surface area contributed by atoms with Gasteiger partial charge in [-0.25, -0.2) is 9.78 Å². The maximum absolute atomic E-state index is 11.0. The Balaban J connectivity index is 0.00000109. The van der Waals surface area contributed by atoms with Gasteiger partial charge in [-0.15, -0.1) is 0 Å². The number of hydrogen-bond acceptors (Lipinski definition) is 5. The van der Waals surface area contributed by atoms with E-state index in [2.05, 4.69) is 10.1 Å². The minimum absolute atomic E-state index is 0.115. The first-order valence-corrected chi connectivity index (χ1v) is 7.78. The number of carboxylic acids is 1. The number of pyridine rings is 1. The Morgan fingerprint density at radius 1 is 1.16 bits per heavy atom. The first kappa shape index (κ1) is 18.0. The van der Waals surface area contributed by atoms with Crippen molar-refractivity contribution in [1.29, 1.82) is 0 Å². The summed E-state index contributed by atoms with van der Waals surface area (Å²) in [7, 11) is 0. The minimum atomic E-state index is -1.04. The number of carbonyl (C=O) groups is 1. The molecule has 0 aliphatic heterocycles. The summed E-state index contributed by atoms with van der Waals surface area (Å²) >= 11 is 0. The molecule has 0 aliphatic rings. The third kappa shape index (κ3) is 4.57. The van der Waals surface area contributed by atoms with Crippen LogP contribution in [0.25, 0.3) is 5.82 Å². The molecule has 2 N–H and O–H groups in total. The number of aromatic nitrogens is 3. The lowest BCUT2D eigenvalue weighted by Crippen LogP contribution is -2.06. The van der Waals surface area contributed by atoms with Gasteiger partial charge in [0.1, 0.15) is 12.4 Å². The van der Waals surface area contributed by atoms with Crippen molar-refractivity contribution in [3.05, 3.63) is 66.0 Å². The van der Waals surface area contributed by atoms with Gasteiger partial charge in [-0.05, 0) is 29.8 Å². The van der Waals surface area contributed by atoms with E-state index in [1.807, 2.05) is 19.9 Å². The summed E-state index contributed by atoms with van der Waals surface area (Å²) in [6.07, 6.45) is 2.94. The Morgan fingerprint density at radius 2 is 1.96 bits per heavy atom. The van der Waals surface area contributed by atoms with Gasteiger partial charge in [0.05, 0.1) is 11.8 Å². The molecule has 0 saturated heterocycles. The number of aromatic hydroxyl groups is 1. The van der Waals surface area contributed by atoms with Crippen LogP contribution >= 0.6 is 0 Å². The van der Waals surface area contributed by atoms with Crippen LogP contribution in [-0.2, 0) is 6.61 Å². The van der Waals surface area contributed by atoms with Crippen LogP contribution in [0.15, 0.2) is 54.9 Å². The molecule has 1 aromatic carbocycles. The molecule has 0 fully saturated rings. The monoisotopic (exact) mass is 341 g/mol. The zero-order valence-electron chi connectivity index (χ0n) is 14.0. The molecule has 0 amide bonds. The van der Waals surface area contributed by atoms with E-state index in [1.54, 1.807) is 24.3 Å². The van der Waals surface area contributed by atoms with Crippen molar-refractivity contribution in [2.24, 2.45) is 0 Å². The number of carboxylic acid groups (broad SMARTS) is 1. The molecule has 7 nitrogen and oxygen atoms in total. The number of ether oxygens (including phenoxy) is 1. The molecule has 2 heterocycles. The second kappa shape index (κ2) is 8.49. The van der Waals surface area contributed by atoms with Gasteiger partial charge in [0, 0.05) is 12.3 Å². The Bertz CT molecular complexity index is 846. The molecule has 3 aromatic rings. The van der Waals surface area contributed by atoms with Crippen LogP contribution in [0.4, 0.5) is 0 Å². The molecule has 130 valence electrons. The predicted octanol–water partition coefficient (Wildman–Crippen LogP) is 3.28. The molecular formula is C18H19N3O4. The molecule has 0 aliphatic carbocycles. The van der Waals surface area contributed by atoms with Gasteiger partial charge in [0.25, 0.3) is 0 Å². The summed E-state index contributed by atoms with van der Waals surface area (Å²) in [6, 6.07) is 11.2. The number of hydrogen-bond donors (Lipinski definition) is 2. The number of rotatable bonds is 5. The molecule has 0 saturated carbocycles. The van der Waals surface area contributed by atoms with Crippen molar-refractivity contribution < 1.29 is 19.7 Å². The summed E-state index contributed by atoms with van der Waals surface area (Å²) in [5.74, 6) is -0.109. The second-order valence-electron chi connectivity index (χ2n) is 4.75. The number of phenols is 1. The van der Waals surface area contributed by atoms with Gasteiger partial charge < -0.3 is 14.9 Å². The number of nitrogens with zero attached hydrogens (tertiary/aromatic N) is 3. The second-order valence-corrected chi connectivity index (χ2v) is 4.75. The van der Waals surface area contributed by atoms with Gasteiger partial charge in [0.2, 0.25) is 5.88 Å². The highest BCUT2D eigenvalue weighted by molar-refractivity contribution is 5.87. The van der Waals surface area contributed by atoms with Crippen LogP contribution in [0.2, 0.25) is 0 Å². The minimum Gasteiger partial charge on any atom is -0.508 e. The SMILES string of the molecule is CC.O=C(O)c1ccnc(-n2nccc2OCc2cccc(O)c2)c1. The molecule has 0 spiro atoms. The maximum Gasteiger partial charge on any atom is 0.335 e. The first-order valence-electron chi connectivity index (χ1n) is 7.78. The van der Waals surface area contributed by atoms with Crippen LogP contribution in [-0.4, -0.2) is 30.9 Å². The van der Waals surface area contributed by atoms with Crippen molar-refractivity contribution in [2.75, 3.05) is 0 Å². The quantitative estimate of drug-likeness (QED) is 0.739. The summed E-state index contributed by atoms with van der Waals surface area (Å²) in [5, 5.41) is 22.6. The average Bonchev–Trinajstić information content (AvgIpc) is 3.10. The first-order chi connectivity index (χ1) is 12.1. The lowest BCUT2D eigenvalue weighted by molar-refractivity contribution is 0.0696. The van der Waals surface area contributed by atoms with Gasteiger partial charge in [0.15, 0.2) is 5.82 Å². The van der Waals surface area contributed by atoms with E-state index in [4.69, 9.17) is 9.84 Å². The topological polar surface area (TPSA) is 97.5 Å². The summed E-state index contributed by atoms with van der Waals surface area (Å²) in [4.78, 5) is 15.1. The third-order valence-electron chi connectivity index (χ3n) is 3.11. The fourth-order valence-corrected chi connectivity index (χ4v) is 2.04. The fraction of sp³-hybridized carbons (Fsp3) is 0.167. The van der Waals surface area contributed by atoms with Crippen molar-refractivity contribution in [1.82, 2.24) is 14.8 Å². The lowest BCUT2D eigenvalue weighted by atomic mass is 10.2. The van der Waals surface area contributed by atoms with Crippen LogP contribution in [0, 0.1) is 0 Å². The van der Waals surface area contributed by atoms with Crippen molar-refractivity contribution in [3.8, 4) is 17.4 Å². The highest BCUT2D eigenvalue weighted by Crippen LogP contribution is 2.19. The van der Waals surface area contributed by atoms with E-state index >= 15 is 0 Å². The Kier molecular flexibility index (Phi) is 6.11. The molecule has 0 atom stereocenters. The van der Waals surface area contributed by atoms with Gasteiger partial charge in [-0.3, -0.25) is 0 Å². The molecule has 0 radical (unpaired) electrons. The van der Waals surface area contributed by atoms with E-state index in [-0.39, 0.29) is 17.9 Å². The highest BCUT2D eigenvalue weighted by Gasteiger charge is 2.10. The van der Waals surface area contributed by atoms with Gasteiger partial charge in [-0.1, -0.05) is 26.0 Å². The van der Waals surface area contributed by atoms with Crippen LogP contribution in [0.5, 0.6) is 11.6 Å². The molecule has 2 aromatic heterocycles. The molecule has 0 unspecified atom stereocenters. The van der Waals surface area contributed by atoms with Crippen LogP contribution in [0.1, 0.15) is 29.8 Å². The van der Waals surface area contributed by atoms with Gasteiger partial charge in [-0.2, -0.15) is 9.78 Å². The van der Waals surface area contributed by atoms with E-state index in [0.29, 0.717) is 11.7 Å². The molecule has 0 bridgehead atoms. The summed E-state index contributed by atoms with van der Waals surface area (Å²) in [5.41, 5.74) is 0.912. The molecule has 7 heteroatoms. The predicted molar refractivity (Wildman–Crippen MR) is 92.1 cm³/mol. The van der Waals surface area contributed by atoms with Crippen LogP contribution < -0.4 is 4.74 Å². The maximum atomic E-state index is 11.0. The summed E-state index contributed by atoms with van der Waals surface area (Å²) < 4.78 is 7.09. The van der Waals surface area contributed by atoms with Crippen molar-refractivity contribution in [2.45, 2.75) is 20.5 Å². The molecular weight excluding hydrogens is 322 g/mol. The lowest BCUT2D eigenvalue weighted by Gasteiger charge is -2.09. The molecule has 25 heavy (non-hydrogen) atoms. The number of aromatic carboxylic acids is 1. The Morgan fingerprint density at radius 3 is 2.68 bits per heavy atom. The third-order valence-corrected chi connectivity index (χ3v) is 3.11. The van der Waals surface area contributed by atoms with Crippen molar-refractivity contribution in [3.63, 3.8) is 0 Å². The van der Waals surface area contributed by atoms with E-state index < -0.39 is 5.97 Å². The van der Waals surface area contributed by atoms with Gasteiger partial charge >= 0.3 is 5.97 Å². The normalized spacial score (nSPS) is 9.84. The van der Waals surface area contributed by atoms with E-state index in [9.17, 15) is 9.90 Å². The number of benzene rings is 1. The zero-order chi connectivity index (χ0) is 18.2. The summed E-state index contributed by atoms with van der Waals surface area (Å²) in [6.45, 7) is 4.23.